The zero-order valence-corrected chi connectivity index (χ0v) is 16.6. The average molecular weight is 416 g/mol. The van der Waals surface area contributed by atoms with E-state index in [9.17, 15) is 9.59 Å². The number of ether oxygens (including phenoxy) is 4. The minimum absolute atomic E-state index is 0.130. The van der Waals surface area contributed by atoms with Crippen molar-refractivity contribution in [1.82, 2.24) is 0 Å². The van der Waals surface area contributed by atoms with Gasteiger partial charge < -0.3 is 18.9 Å². The van der Waals surface area contributed by atoms with Crippen molar-refractivity contribution >= 4 is 35.5 Å². The highest BCUT2D eigenvalue weighted by atomic mass is 35.5. The lowest BCUT2D eigenvalue weighted by molar-refractivity contribution is -0.143. The first-order chi connectivity index (χ1) is 14.0. The molecular weight excluding hydrogens is 398 g/mol. The Morgan fingerprint density at radius 3 is 2.66 bits per heavy atom. The Labute approximate surface area is 172 Å². The van der Waals surface area contributed by atoms with E-state index < -0.39 is 11.9 Å². The van der Waals surface area contributed by atoms with E-state index in [2.05, 4.69) is 9.73 Å². The number of hydrogen-bond donors (Lipinski definition) is 0. The van der Waals surface area contributed by atoms with Crippen LogP contribution < -0.4 is 9.47 Å². The summed E-state index contributed by atoms with van der Waals surface area (Å²) in [4.78, 5) is 27.8. The van der Waals surface area contributed by atoms with E-state index in [4.69, 9.17) is 25.8 Å². The Hall–Kier alpha value is -3.32. The van der Waals surface area contributed by atoms with Crippen molar-refractivity contribution in [3.63, 3.8) is 0 Å². The van der Waals surface area contributed by atoms with E-state index >= 15 is 0 Å². The van der Waals surface area contributed by atoms with E-state index in [1.54, 1.807) is 31.2 Å². The number of methoxy groups -OCH3 is 1. The van der Waals surface area contributed by atoms with Crippen LogP contribution in [0, 0.1) is 0 Å². The maximum atomic E-state index is 12.2. The highest BCUT2D eigenvalue weighted by molar-refractivity contribution is 6.32. The third-order valence-electron chi connectivity index (χ3n) is 3.84. The summed E-state index contributed by atoms with van der Waals surface area (Å²) in [6.07, 6.45) is 1.54. The fourth-order valence-corrected chi connectivity index (χ4v) is 2.81. The second kappa shape index (κ2) is 9.25. The van der Waals surface area contributed by atoms with Crippen LogP contribution >= 0.6 is 11.6 Å². The van der Waals surface area contributed by atoms with Gasteiger partial charge in [0.2, 0.25) is 5.90 Å². The molecule has 0 aromatic heterocycles. The van der Waals surface area contributed by atoms with Crippen molar-refractivity contribution < 1.29 is 28.5 Å². The molecule has 2 aromatic rings. The molecule has 7 nitrogen and oxygen atoms in total. The third kappa shape index (κ3) is 4.94. The molecule has 1 aliphatic rings. The molecule has 0 atom stereocenters. The van der Waals surface area contributed by atoms with Gasteiger partial charge in [0.25, 0.3) is 0 Å². The van der Waals surface area contributed by atoms with Crippen LogP contribution in [0.4, 0.5) is 0 Å². The fourth-order valence-electron chi connectivity index (χ4n) is 2.54. The van der Waals surface area contributed by atoms with Crippen molar-refractivity contribution in [2.24, 2.45) is 4.99 Å². The van der Waals surface area contributed by atoms with Gasteiger partial charge in [0.05, 0.1) is 18.7 Å². The summed E-state index contributed by atoms with van der Waals surface area (Å²) in [6, 6.07) is 12.3. The standard InChI is InChI=1S/C21H18ClNO6/c1-3-27-17-11-13(9-15(22)19(17)28-12-18(24)26-2)10-16-21(25)29-20(23-16)14-7-5-4-6-8-14/h4-11H,3,12H2,1-2H3. The monoisotopic (exact) mass is 415 g/mol. The molecule has 1 heterocycles. The second-order valence-electron chi connectivity index (χ2n) is 5.83. The van der Waals surface area contributed by atoms with E-state index in [1.165, 1.54) is 13.2 Å². The molecule has 150 valence electrons. The summed E-state index contributed by atoms with van der Waals surface area (Å²) < 4.78 is 20.8. The number of halogens is 1. The van der Waals surface area contributed by atoms with Crippen LogP contribution in [0.5, 0.6) is 11.5 Å². The van der Waals surface area contributed by atoms with Crippen LogP contribution in [0.1, 0.15) is 18.1 Å². The molecular formula is C21H18ClNO6. The number of hydrogen-bond acceptors (Lipinski definition) is 7. The largest absolute Gasteiger partial charge is 0.490 e. The number of carbonyl (C=O) groups excluding carboxylic acids is 2. The van der Waals surface area contributed by atoms with Crippen molar-refractivity contribution in [1.29, 1.82) is 0 Å². The predicted molar refractivity (Wildman–Crippen MR) is 107 cm³/mol. The maximum Gasteiger partial charge on any atom is 0.363 e. The van der Waals surface area contributed by atoms with E-state index in [0.717, 1.165) is 0 Å². The quantitative estimate of drug-likeness (QED) is 0.507. The van der Waals surface area contributed by atoms with Crippen LogP contribution in [0.3, 0.4) is 0 Å². The summed E-state index contributed by atoms with van der Waals surface area (Å²) in [6.45, 7) is 1.84. The number of nitrogens with zero attached hydrogens (tertiary/aromatic N) is 1. The SMILES string of the molecule is CCOc1cc(C=C2N=C(c3ccccc3)OC2=O)cc(Cl)c1OCC(=O)OC. The topological polar surface area (TPSA) is 83.4 Å². The Morgan fingerprint density at radius 1 is 1.21 bits per heavy atom. The number of rotatable bonds is 7. The smallest absolute Gasteiger partial charge is 0.363 e. The van der Waals surface area contributed by atoms with Crippen LogP contribution in [0.2, 0.25) is 5.02 Å². The van der Waals surface area contributed by atoms with Gasteiger partial charge in [-0.05, 0) is 42.8 Å². The van der Waals surface area contributed by atoms with Crippen molar-refractivity contribution in [3.8, 4) is 11.5 Å². The number of cyclic esters (lactones) is 1. The summed E-state index contributed by atoms with van der Waals surface area (Å²) in [5, 5.41) is 0.213. The van der Waals surface area contributed by atoms with Gasteiger partial charge in [-0.1, -0.05) is 29.8 Å². The Kier molecular flexibility index (Phi) is 6.51. The predicted octanol–water partition coefficient (Wildman–Crippen LogP) is 3.64. The number of esters is 2. The number of aliphatic imine (C=N–C) groups is 1. The zero-order valence-electron chi connectivity index (χ0n) is 15.8. The summed E-state index contributed by atoms with van der Waals surface area (Å²) in [7, 11) is 1.26. The minimum Gasteiger partial charge on any atom is -0.490 e. The average Bonchev–Trinajstić information content (AvgIpc) is 3.08. The Balaban J connectivity index is 1.91. The van der Waals surface area contributed by atoms with Gasteiger partial charge in [-0.15, -0.1) is 0 Å². The molecule has 1 aliphatic heterocycles. The summed E-state index contributed by atoms with van der Waals surface area (Å²) in [5.74, 6) is -0.343. The molecule has 0 bridgehead atoms. The van der Waals surface area contributed by atoms with Crippen LogP contribution in [-0.4, -0.2) is 38.2 Å². The van der Waals surface area contributed by atoms with Gasteiger partial charge in [-0.3, -0.25) is 0 Å². The van der Waals surface area contributed by atoms with Gasteiger partial charge in [-0.2, -0.15) is 0 Å². The first-order valence-electron chi connectivity index (χ1n) is 8.75. The molecule has 0 saturated carbocycles. The van der Waals surface area contributed by atoms with Gasteiger partial charge in [-0.25, -0.2) is 14.6 Å². The molecule has 29 heavy (non-hydrogen) atoms. The minimum atomic E-state index is -0.566. The van der Waals surface area contributed by atoms with Crippen LogP contribution in [-0.2, 0) is 19.1 Å². The highest BCUT2D eigenvalue weighted by Gasteiger charge is 2.24. The lowest BCUT2D eigenvalue weighted by Gasteiger charge is -2.13. The molecule has 0 unspecified atom stereocenters. The summed E-state index contributed by atoms with van der Waals surface area (Å²) in [5.41, 5.74) is 1.39. The van der Waals surface area contributed by atoms with Gasteiger partial charge in [0, 0.05) is 5.56 Å². The molecule has 0 N–H and O–H groups in total. The maximum absolute atomic E-state index is 12.2. The van der Waals surface area contributed by atoms with E-state index in [1.807, 2.05) is 18.2 Å². The molecule has 2 aromatic carbocycles. The fraction of sp³-hybridized carbons (Fsp3) is 0.190. The summed E-state index contributed by atoms with van der Waals surface area (Å²) >= 11 is 6.30. The number of carbonyl (C=O) groups is 2. The van der Waals surface area contributed by atoms with Gasteiger partial charge >= 0.3 is 11.9 Å². The van der Waals surface area contributed by atoms with Crippen molar-refractivity contribution in [3.05, 3.63) is 64.3 Å². The first-order valence-corrected chi connectivity index (χ1v) is 9.13. The molecule has 0 spiro atoms. The zero-order chi connectivity index (χ0) is 20.8. The molecule has 8 heteroatoms. The second-order valence-corrected chi connectivity index (χ2v) is 6.24. The molecule has 0 amide bonds. The molecule has 0 aliphatic carbocycles. The number of benzene rings is 2. The van der Waals surface area contributed by atoms with Gasteiger partial charge in [0.15, 0.2) is 23.8 Å². The van der Waals surface area contributed by atoms with Crippen molar-refractivity contribution in [2.75, 3.05) is 20.3 Å². The lowest BCUT2D eigenvalue weighted by Crippen LogP contribution is -2.13. The van der Waals surface area contributed by atoms with Crippen LogP contribution in [0.25, 0.3) is 6.08 Å². The van der Waals surface area contributed by atoms with Crippen LogP contribution in [0.15, 0.2) is 53.2 Å². The van der Waals surface area contributed by atoms with E-state index in [0.29, 0.717) is 23.5 Å². The third-order valence-corrected chi connectivity index (χ3v) is 4.12. The van der Waals surface area contributed by atoms with Crippen molar-refractivity contribution in [2.45, 2.75) is 6.92 Å². The normalized spacial score (nSPS) is 14.4. The lowest BCUT2D eigenvalue weighted by atomic mass is 10.1. The Morgan fingerprint density at radius 2 is 1.97 bits per heavy atom. The molecule has 0 fully saturated rings. The Bertz CT molecular complexity index is 984. The first kappa shape index (κ1) is 20.4. The molecule has 0 radical (unpaired) electrons. The van der Waals surface area contributed by atoms with Gasteiger partial charge in [0.1, 0.15) is 0 Å². The molecule has 0 saturated heterocycles. The van der Waals surface area contributed by atoms with E-state index in [-0.39, 0.29) is 29.0 Å². The molecule has 3 rings (SSSR count). The highest BCUT2D eigenvalue weighted by Crippen LogP contribution is 2.37.